The Bertz CT molecular complexity index is 662. The lowest BCUT2D eigenvalue weighted by Gasteiger charge is -2.19. The summed E-state index contributed by atoms with van der Waals surface area (Å²) in [6.07, 6.45) is -3.28. The predicted octanol–water partition coefficient (Wildman–Crippen LogP) is 1.94. The van der Waals surface area contributed by atoms with Gasteiger partial charge in [-0.2, -0.15) is 18.3 Å². The molecule has 5 nitrogen and oxygen atoms in total. The zero-order valence-corrected chi connectivity index (χ0v) is 10.6. The maximum atomic E-state index is 12.7. The highest BCUT2D eigenvalue weighted by Crippen LogP contribution is 2.34. The summed E-state index contributed by atoms with van der Waals surface area (Å²) in [5.74, 6) is 0.549. The Balaban J connectivity index is 1.90. The highest BCUT2D eigenvalue weighted by molar-refractivity contribution is 5.56. The number of pyridine rings is 1. The van der Waals surface area contributed by atoms with Gasteiger partial charge in [0.05, 0.1) is 12.2 Å². The van der Waals surface area contributed by atoms with E-state index in [2.05, 4.69) is 10.1 Å². The van der Waals surface area contributed by atoms with Gasteiger partial charge in [0.2, 0.25) is 0 Å². The van der Waals surface area contributed by atoms with Gasteiger partial charge in [-0.3, -0.25) is 9.67 Å². The minimum Gasteiger partial charge on any atom is -0.384 e. The Morgan fingerprint density at radius 2 is 2.05 bits per heavy atom. The summed E-state index contributed by atoms with van der Waals surface area (Å²) in [5.41, 5.74) is 7.12. The molecule has 3 heterocycles. The third-order valence-corrected chi connectivity index (χ3v) is 3.37. The topological polar surface area (TPSA) is 60.0 Å². The molecule has 2 N–H and O–H groups in total. The van der Waals surface area contributed by atoms with E-state index in [1.165, 1.54) is 0 Å². The van der Waals surface area contributed by atoms with E-state index in [-0.39, 0.29) is 0 Å². The van der Waals surface area contributed by atoms with Crippen LogP contribution in [0.1, 0.15) is 17.0 Å². The van der Waals surface area contributed by atoms with Crippen molar-refractivity contribution in [3.05, 3.63) is 35.3 Å². The summed E-state index contributed by atoms with van der Waals surface area (Å²) < 4.78 is 39.6. The zero-order chi connectivity index (χ0) is 14.5. The van der Waals surface area contributed by atoms with E-state index in [9.17, 15) is 13.2 Å². The molecule has 0 aliphatic carbocycles. The molecule has 1 aliphatic heterocycles. The van der Waals surface area contributed by atoms with E-state index in [1.807, 2.05) is 0 Å². The lowest BCUT2D eigenvalue weighted by atomic mass is 10.2. The average molecular weight is 283 g/mol. The first-order chi connectivity index (χ1) is 9.36. The first-order valence-electron chi connectivity index (χ1n) is 5.94. The van der Waals surface area contributed by atoms with Gasteiger partial charge in [-0.05, 0) is 12.1 Å². The van der Waals surface area contributed by atoms with Gasteiger partial charge in [-0.1, -0.05) is 0 Å². The van der Waals surface area contributed by atoms with Crippen LogP contribution >= 0.6 is 0 Å². The second-order valence-corrected chi connectivity index (χ2v) is 4.69. The van der Waals surface area contributed by atoms with Gasteiger partial charge < -0.3 is 10.6 Å². The molecule has 0 radical (unpaired) electrons. The maximum Gasteiger partial charge on any atom is 0.433 e. The van der Waals surface area contributed by atoms with Gasteiger partial charge in [-0.25, -0.2) is 0 Å². The van der Waals surface area contributed by atoms with E-state index in [0.717, 1.165) is 23.5 Å². The fraction of sp³-hybridized carbons (Fsp3) is 0.333. The maximum absolute atomic E-state index is 12.7. The van der Waals surface area contributed by atoms with Crippen molar-refractivity contribution in [1.82, 2.24) is 14.8 Å². The summed E-state index contributed by atoms with van der Waals surface area (Å²) in [6.45, 7) is 0.901. The number of rotatable bonds is 1. The highest BCUT2D eigenvalue weighted by atomic mass is 19.4. The molecular weight excluding hydrogens is 271 g/mol. The lowest BCUT2D eigenvalue weighted by molar-refractivity contribution is -0.141. The Hall–Kier alpha value is -2.25. The second-order valence-electron chi connectivity index (χ2n) is 4.69. The normalized spacial score (nSPS) is 14.7. The van der Waals surface area contributed by atoms with Gasteiger partial charge in [0, 0.05) is 31.0 Å². The van der Waals surface area contributed by atoms with Crippen molar-refractivity contribution < 1.29 is 13.2 Å². The number of hydrogen-bond donors (Lipinski definition) is 1. The van der Waals surface area contributed by atoms with Crippen LogP contribution in [0.15, 0.2) is 18.3 Å². The smallest absolute Gasteiger partial charge is 0.384 e. The van der Waals surface area contributed by atoms with Crippen LogP contribution in [-0.2, 0) is 26.3 Å². The van der Waals surface area contributed by atoms with Crippen molar-refractivity contribution in [2.24, 2.45) is 7.05 Å². The SMILES string of the molecule is Cn1nc2c(c1N)CN(c1ccnc(C(F)(F)F)c1)C2. The number of nitrogens with two attached hydrogens (primary N) is 1. The minimum absolute atomic E-state index is 0.446. The molecule has 3 rings (SSSR count). The highest BCUT2D eigenvalue weighted by Gasteiger charge is 2.33. The molecule has 0 bridgehead atoms. The Morgan fingerprint density at radius 1 is 1.30 bits per heavy atom. The van der Waals surface area contributed by atoms with Crippen molar-refractivity contribution in [1.29, 1.82) is 0 Å². The standard InChI is InChI=1S/C12H12F3N5/c1-19-11(16)8-5-20(6-9(8)18-19)7-2-3-17-10(4-7)12(13,14)15/h2-4H,5-6,16H2,1H3. The molecule has 0 aromatic carbocycles. The summed E-state index contributed by atoms with van der Waals surface area (Å²) in [6, 6.07) is 2.60. The number of aromatic nitrogens is 3. The van der Waals surface area contributed by atoms with Crippen molar-refractivity contribution >= 4 is 11.5 Å². The fourth-order valence-corrected chi connectivity index (χ4v) is 2.32. The largest absolute Gasteiger partial charge is 0.433 e. The van der Waals surface area contributed by atoms with Gasteiger partial charge in [0.1, 0.15) is 11.5 Å². The van der Waals surface area contributed by atoms with Crippen molar-refractivity contribution in [3.63, 3.8) is 0 Å². The fourth-order valence-electron chi connectivity index (χ4n) is 2.32. The van der Waals surface area contributed by atoms with E-state index >= 15 is 0 Å². The number of halogens is 3. The number of aryl methyl sites for hydroxylation is 1. The summed E-state index contributed by atoms with van der Waals surface area (Å²) in [7, 11) is 1.74. The van der Waals surface area contributed by atoms with Crippen LogP contribution in [0.25, 0.3) is 0 Å². The molecule has 0 saturated carbocycles. The van der Waals surface area contributed by atoms with Crippen LogP contribution in [0.5, 0.6) is 0 Å². The molecule has 20 heavy (non-hydrogen) atoms. The number of alkyl halides is 3. The Kier molecular flexibility index (Phi) is 2.63. The van der Waals surface area contributed by atoms with E-state index in [4.69, 9.17) is 5.73 Å². The minimum atomic E-state index is -4.44. The van der Waals surface area contributed by atoms with Gasteiger partial charge in [0.25, 0.3) is 0 Å². The van der Waals surface area contributed by atoms with Crippen LogP contribution in [0, 0.1) is 0 Å². The van der Waals surface area contributed by atoms with Gasteiger partial charge in [0.15, 0.2) is 0 Å². The lowest BCUT2D eigenvalue weighted by Crippen LogP contribution is -2.18. The van der Waals surface area contributed by atoms with E-state index in [1.54, 1.807) is 22.7 Å². The average Bonchev–Trinajstić information content (AvgIpc) is 2.90. The third-order valence-electron chi connectivity index (χ3n) is 3.37. The van der Waals surface area contributed by atoms with Crippen LogP contribution in [0.4, 0.5) is 24.7 Å². The molecule has 1 aliphatic rings. The molecule has 0 fully saturated rings. The van der Waals surface area contributed by atoms with Crippen LogP contribution in [0.3, 0.4) is 0 Å². The number of nitrogens with zero attached hydrogens (tertiary/aromatic N) is 4. The number of nitrogen functional groups attached to an aromatic ring is 1. The predicted molar refractivity (Wildman–Crippen MR) is 66.7 cm³/mol. The Labute approximate surface area is 112 Å². The zero-order valence-electron chi connectivity index (χ0n) is 10.6. The molecule has 0 saturated heterocycles. The molecule has 106 valence electrons. The van der Waals surface area contributed by atoms with Crippen molar-refractivity contribution in [2.75, 3.05) is 10.6 Å². The van der Waals surface area contributed by atoms with Gasteiger partial charge >= 0.3 is 6.18 Å². The summed E-state index contributed by atoms with van der Waals surface area (Å²) >= 11 is 0. The van der Waals surface area contributed by atoms with E-state index in [0.29, 0.717) is 24.6 Å². The van der Waals surface area contributed by atoms with Crippen molar-refractivity contribution in [3.8, 4) is 0 Å². The molecule has 0 amide bonds. The molecule has 8 heteroatoms. The van der Waals surface area contributed by atoms with Gasteiger partial charge in [-0.15, -0.1) is 0 Å². The summed E-state index contributed by atoms with van der Waals surface area (Å²) in [5, 5.41) is 4.25. The van der Waals surface area contributed by atoms with Crippen molar-refractivity contribution in [2.45, 2.75) is 19.3 Å². The first kappa shape index (κ1) is 12.8. The number of hydrogen-bond acceptors (Lipinski definition) is 4. The number of anilines is 2. The number of fused-ring (bicyclic) bond motifs is 1. The second kappa shape index (κ2) is 4.12. The molecule has 0 atom stereocenters. The quantitative estimate of drug-likeness (QED) is 0.869. The molecular formula is C12H12F3N5. The van der Waals surface area contributed by atoms with Crippen LogP contribution in [-0.4, -0.2) is 14.8 Å². The summed E-state index contributed by atoms with van der Waals surface area (Å²) in [4.78, 5) is 5.15. The Morgan fingerprint density at radius 3 is 2.70 bits per heavy atom. The molecule has 0 spiro atoms. The third kappa shape index (κ3) is 1.97. The first-order valence-corrected chi connectivity index (χ1v) is 5.94. The monoisotopic (exact) mass is 283 g/mol. The van der Waals surface area contributed by atoms with Crippen LogP contribution in [0.2, 0.25) is 0 Å². The molecule has 2 aromatic rings. The van der Waals surface area contributed by atoms with Crippen LogP contribution < -0.4 is 10.6 Å². The molecule has 0 unspecified atom stereocenters. The molecule has 2 aromatic heterocycles. The van der Waals surface area contributed by atoms with E-state index < -0.39 is 11.9 Å².